The molecule has 2 aliphatic rings. The van der Waals surface area contributed by atoms with Gasteiger partial charge in [-0.2, -0.15) is 13.0 Å². The number of rotatable bonds is 21. The summed E-state index contributed by atoms with van der Waals surface area (Å²) in [5, 5.41) is 5.82. The van der Waals surface area contributed by atoms with E-state index >= 15 is 0 Å². The number of anilines is 1. The minimum atomic E-state index is -4.37. The number of hydrogen-bond donors (Lipinski definition) is 2. The molecule has 14 heteroatoms. The third-order valence-corrected chi connectivity index (χ3v) is 16.5. The van der Waals surface area contributed by atoms with E-state index in [2.05, 4.69) is 85.0 Å². The van der Waals surface area contributed by atoms with Gasteiger partial charge in [-0.1, -0.05) is 98.8 Å². The molecule has 2 N–H and O–H groups in total. The number of hydrogen-bond acceptors (Lipinski definition) is 8. The topological polar surface area (TPSA) is 142 Å². The molecule has 0 fully saturated rings. The number of fused-ring (bicyclic) bond motifs is 2. The van der Waals surface area contributed by atoms with E-state index < -0.39 is 29.4 Å². The van der Waals surface area contributed by atoms with Crippen molar-refractivity contribution in [3.8, 4) is 0 Å². The summed E-state index contributed by atoms with van der Waals surface area (Å²) >= 11 is 0. The normalized spacial score (nSPS) is 15.3. The van der Waals surface area contributed by atoms with Crippen molar-refractivity contribution in [1.82, 2.24) is 5.32 Å². The number of esters is 1. The van der Waals surface area contributed by atoms with Gasteiger partial charge in [0, 0.05) is 84.8 Å². The number of para-hydroxylation sites is 1. The summed E-state index contributed by atoms with van der Waals surface area (Å²) in [6, 6.07) is 38.3. The third kappa shape index (κ3) is 12.2. The van der Waals surface area contributed by atoms with Gasteiger partial charge in [-0.3, -0.25) is 14.1 Å². The standard InChI is InChI=1S/C56H62N3O8PS.Na/c1-55(2)46-26-15-16-27-48(46)58(51(55)28-18-29-52-56(3,4)47-39-44(69(63,64)65)31-33-49(47)59(52)36-37-66-5)35-17-9-10-20-41(60)21-19-34-57-53(61)40-30-32-45(54(62)67-6)50(38-40)68(42-22-11-7-12-23-42)43-24-13-8-14-25-43;/h7-8,11-16,18,22-33,38-39H,9-10,17,19-21,34-37H2,1-6H3,(H-,57,61,63,64,65);/q;+1/p+1. The molecule has 70 heavy (non-hydrogen) atoms. The zero-order chi connectivity index (χ0) is 49.3. The maximum absolute atomic E-state index is 13.5. The number of amides is 1. The van der Waals surface area contributed by atoms with Crippen LogP contribution in [0.2, 0.25) is 0 Å². The van der Waals surface area contributed by atoms with E-state index in [0.29, 0.717) is 50.1 Å². The molecule has 1 amide bonds. The van der Waals surface area contributed by atoms with Crippen LogP contribution in [-0.4, -0.2) is 81.4 Å². The molecular weight excluding hydrogens is 929 g/mol. The number of benzene rings is 5. The molecule has 0 aliphatic carbocycles. The maximum Gasteiger partial charge on any atom is 1.00 e. The monoisotopic (exact) mass is 991 g/mol. The number of carbonyl (C=O) groups is 3. The number of nitrogens with zero attached hydrogens (tertiary/aromatic N) is 2. The summed E-state index contributed by atoms with van der Waals surface area (Å²) < 4.78 is 47.0. The van der Waals surface area contributed by atoms with Crippen molar-refractivity contribution in [3.05, 3.63) is 168 Å². The molecule has 0 spiro atoms. The largest absolute Gasteiger partial charge is 1.00 e. The van der Waals surface area contributed by atoms with Gasteiger partial charge in [0.05, 0.1) is 29.6 Å². The molecule has 0 saturated carbocycles. The van der Waals surface area contributed by atoms with Gasteiger partial charge in [0.1, 0.15) is 12.3 Å². The minimum Gasteiger partial charge on any atom is -0.465 e. The molecule has 0 radical (unpaired) electrons. The molecule has 2 aliphatic heterocycles. The molecule has 0 saturated heterocycles. The molecule has 5 aromatic rings. The van der Waals surface area contributed by atoms with Gasteiger partial charge in [-0.25, -0.2) is 4.79 Å². The Balaban J connectivity index is 0.00000804. The van der Waals surface area contributed by atoms with E-state index in [1.807, 2.05) is 60.7 Å². The average molecular weight is 992 g/mol. The van der Waals surface area contributed by atoms with Gasteiger partial charge in [-0.05, 0) is 99.7 Å². The zero-order valence-electron chi connectivity index (χ0n) is 41.4. The van der Waals surface area contributed by atoms with Crippen LogP contribution >= 0.6 is 7.92 Å². The number of unbranched alkanes of at least 4 members (excludes halogenated alkanes) is 2. The molecule has 0 atom stereocenters. The molecule has 0 aromatic heterocycles. The Bertz CT molecular complexity index is 2860. The third-order valence-electron chi connectivity index (χ3n) is 13.2. The molecular formula is C56H63N3NaO8PS+2. The molecule has 0 bridgehead atoms. The van der Waals surface area contributed by atoms with Crippen molar-refractivity contribution in [2.24, 2.45) is 0 Å². The van der Waals surface area contributed by atoms with E-state index in [9.17, 15) is 27.4 Å². The Morgan fingerprint density at radius 2 is 1.43 bits per heavy atom. The second-order valence-corrected chi connectivity index (χ2v) is 22.1. The number of carbonyl (C=O) groups excluding carboxylic acids is 3. The summed E-state index contributed by atoms with van der Waals surface area (Å²) in [7, 11) is -2.54. The molecule has 5 aromatic carbocycles. The van der Waals surface area contributed by atoms with Crippen molar-refractivity contribution < 1.29 is 71.0 Å². The van der Waals surface area contributed by atoms with Crippen LogP contribution in [0.5, 0.6) is 0 Å². The van der Waals surface area contributed by atoms with Crippen LogP contribution < -0.4 is 55.7 Å². The number of ether oxygens (including phenoxy) is 2. The van der Waals surface area contributed by atoms with Crippen LogP contribution in [0.1, 0.15) is 98.1 Å². The van der Waals surface area contributed by atoms with Gasteiger partial charge in [0.25, 0.3) is 16.0 Å². The maximum atomic E-state index is 13.5. The Labute approximate surface area is 436 Å². The first kappa shape index (κ1) is 54.3. The average Bonchev–Trinajstić information content (AvgIpc) is 3.69. The van der Waals surface area contributed by atoms with Crippen molar-refractivity contribution in [3.63, 3.8) is 0 Å². The van der Waals surface area contributed by atoms with Gasteiger partial charge in [0.15, 0.2) is 5.71 Å². The van der Waals surface area contributed by atoms with Crippen molar-refractivity contribution in [2.45, 2.75) is 81.9 Å². The van der Waals surface area contributed by atoms with Gasteiger partial charge in [-0.15, -0.1) is 0 Å². The SMILES string of the molecule is COCCN1C(=CC=CC2=[N+](CCCCCC(=O)CCCNC(=O)c3ccc(C(=O)OC)c(P(c4ccccc4)c4ccccc4)c3)c3ccccc3C2(C)C)C(C)(C)c2cc(S(=O)(=O)O)ccc21.[Na+]. The Kier molecular flexibility index (Phi) is 18.6. The number of ketones is 1. The van der Waals surface area contributed by atoms with Crippen LogP contribution in [0.15, 0.2) is 150 Å². The molecule has 11 nitrogen and oxygen atoms in total. The van der Waals surface area contributed by atoms with Crippen LogP contribution in [-0.2, 0) is 35.2 Å². The first-order valence-corrected chi connectivity index (χ1v) is 26.3. The van der Waals surface area contributed by atoms with Gasteiger partial charge < -0.3 is 19.7 Å². The first-order chi connectivity index (χ1) is 33.1. The van der Waals surface area contributed by atoms with E-state index in [1.165, 1.54) is 24.4 Å². The van der Waals surface area contributed by atoms with E-state index in [4.69, 9.17) is 9.47 Å². The van der Waals surface area contributed by atoms with Crippen LogP contribution in [0.25, 0.3) is 0 Å². The van der Waals surface area contributed by atoms with Crippen LogP contribution in [0.4, 0.5) is 11.4 Å². The Morgan fingerprint density at radius 3 is 2.09 bits per heavy atom. The fourth-order valence-electron chi connectivity index (χ4n) is 9.56. The van der Waals surface area contributed by atoms with Crippen molar-refractivity contribution in [2.75, 3.05) is 45.4 Å². The van der Waals surface area contributed by atoms with E-state index in [-0.39, 0.29) is 51.6 Å². The van der Waals surface area contributed by atoms with Crippen molar-refractivity contribution >= 4 is 68.7 Å². The number of nitrogens with one attached hydrogen (secondary N) is 1. The predicted molar refractivity (Wildman–Crippen MR) is 277 cm³/mol. The second kappa shape index (κ2) is 23.9. The zero-order valence-corrected chi connectivity index (χ0v) is 45.1. The van der Waals surface area contributed by atoms with Crippen molar-refractivity contribution in [1.29, 1.82) is 0 Å². The Morgan fingerprint density at radius 1 is 0.771 bits per heavy atom. The molecule has 360 valence electrons. The van der Waals surface area contributed by atoms with Gasteiger partial charge in [0.2, 0.25) is 5.69 Å². The fraction of sp³-hybridized carbons (Fsp3) is 0.321. The molecule has 2 heterocycles. The summed E-state index contributed by atoms with van der Waals surface area (Å²) in [4.78, 5) is 41.6. The van der Waals surface area contributed by atoms with Gasteiger partial charge >= 0.3 is 35.5 Å². The summed E-state index contributed by atoms with van der Waals surface area (Å²) in [5.74, 6) is -0.553. The number of methoxy groups -OCH3 is 2. The molecule has 0 unspecified atom stereocenters. The minimum absolute atomic E-state index is 0. The summed E-state index contributed by atoms with van der Waals surface area (Å²) in [6.45, 7) is 10.8. The summed E-state index contributed by atoms with van der Waals surface area (Å²) in [6.07, 6.45) is 10.3. The first-order valence-electron chi connectivity index (χ1n) is 23.5. The van der Waals surface area contributed by atoms with E-state index in [1.54, 1.807) is 37.4 Å². The second-order valence-electron chi connectivity index (χ2n) is 18.5. The quantitative estimate of drug-likeness (QED) is 0.0224. The predicted octanol–water partition coefficient (Wildman–Crippen LogP) is 6.08. The van der Waals surface area contributed by atoms with E-state index in [0.717, 1.165) is 64.4 Å². The van der Waals surface area contributed by atoms with Crippen LogP contribution in [0.3, 0.4) is 0 Å². The Hall–Kier alpha value is -5.04. The number of allylic oxidation sites excluding steroid dienone is 4. The summed E-state index contributed by atoms with van der Waals surface area (Å²) in [5.41, 5.74) is 6.29. The fourth-order valence-corrected chi connectivity index (χ4v) is 12.5. The molecule has 7 rings (SSSR count). The van der Waals surface area contributed by atoms with Crippen LogP contribution in [0, 0.1) is 0 Å². The smallest absolute Gasteiger partial charge is 0.465 e. The number of Topliss-reactive ketones (excluding diaryl/α,β-unsaturated/α-hetero) is 1.